The molecule has 0 aliphatic rings. The number of aromatic amines is 1. The summed E-state index contributed by atoms with van der Waals surface area (Å²) >= 11 is 0. The molecule has 0 atom stereocenters. The number of nitrogen functional groups attached to an aromatic ring is 1. The highest BCUT2D eigenvalue weighted by Crippen LogP contribution is 2.11. The molecule has 0 aliphatic carbocycles. The van der Waals surface area contributed by atoms with Crippen molar-refractivity contribution in [3.8, 4) is 0 Å². The number of hydrazine groups is 1. The van der Waals surface area contributed by atoms with Crippen LogP contribution in [0.4, 0.5) is 0 Å². The highest BCUT2D eigenvalue weighted by molar-refractivity contribution is 6.03. The topological polar surface area (TPSA) is 96.7 Å². The van der Waals surface area contributed by atoms with E-state index in [9.17, 15) is 4.79 Å². The van der Waals surface area contributed by atoms with Crippen molar-refractivity contribution in [1.29, 1.82) is 0 Å². The van der Waals surface area contributed by atoms with E-state index in [-0.39, 0.29) is 0 Å². The molecule has 0 bridgehead atoms. The first kappa shape index (κ1) is 7.69. The number of hydrogen-bond acceptors (Lipinski definition) is 4. The summed E-state index contributed by atoms with van der Waals surface area (Å²) in [5.74, 6) is 4.58. The SMILES string of the molecule is NNC(=O)c1[nH]nc2ncccc12. The van der Waals surface area contributed by atoms with E-state index in [1.165, 1.54) is 0 Å². The Morgan fingerprint density at radius 3 is 3.23 bits per heavy atom. The lowest BCUT2D eigenvalue weighted by Gasteiger charge is -1.94. The van der Waals surface area contributed by atoms with Gasteiger partial charge in [0, 0.05) is 6.20 Å². The van der Waals surface area contributed by atoms with Crippen LogP contribution >= 0.6 is 0 Å². The highest BCUT2D eigenvalue weighted by atomic mass is 16.2. The van der Waals surface area contributed by atoms with Crippen molar-refractivity contribution in [2.24, 2.45) is 5.84 Å². The Morgan fingerprint density at radius 2 is 2.46 bits per heavy atom. The van der Waals surface area contributed by atoms with Crippen molar-refractivity contribution in [2.75, 3.05) is 0 Å². The van der Waals surface area contributed by atoms with E-state index in [2.05, 4.69) is 15.2 Å². The molecular formula is C7H7N5O. The summed E-state index contributed by atoms with van der Waals surface area (Å²) in [6.07, 6.45) is 1.60. The number of nitrogens with one attached hydrogen (secondary N) is 2. The predicted molar refractivity (Wildman–Crippen MR) is 45.5 cm³/mol. The third kappa shape index (κ3) is 1.13. The number of pyridine rings is 1. The van der Waals surface area contributed by atoms with Gasteiger partial charge >= 0.3 is 0 Å². The molecule has 0 unspecified atom stereocenters. The van der Waals surface area contributed by atoms with Crippen molar-refractivity contribution in [1.82, 2.24) is 20.6 Å². The smallest absolute Gasteiger partial charge is 0.283 e. The Hall–Kier alpha value is -1.95. The Bertz CT molecular complexity index is 449. The van der Waals surface area contributed by atoms with Gasteiger partial charge in [-0.25, -0.2) is 10.8 Å². The molecule has 0 radical (unpaired) electrons. The van der Waals surface area contributed by atoms with E-state index >= 15 is 0 Å². The molecule has 0 saturated carbocycles. The summed E-state index contributed by atoms with van der Waals surface area (Å²) in [5.41, 5.74) is 2.85. The number of carbonyl (C=O) groups excluding carboxylic acids is 1. The monoisotopic (exact) mass is 177 g/mol. The quantitative estimate of drug-likeness (QED) is 0.312. The van der Waals surface area contributed by atoms with Crippen molar-refractivity contribution in [3.63, 3.8) is 0 Å². The van der Waals surface area contributed by atoms with E-state index < -0.39 is 5.91 Å². The van der Waals surface area contributed by atoms with Crippen LogP contribution in [-0.4, -0.2) is 21.1 Å². The van der Waals surface area contributed by atoms with Crippen molar-refractivity contribution < 1.29 is 4.79 Å². The molecular weight excluding hydrogens is 170 g/mol. The van der Waals surface area contributed by atoms with Crippen LogP contribution in [0, 0.1) is 0 Å². The zero-order valence-electron chi connectivity index (χ0n) is 6.61. The second-order valence-corrected chi connectivity index (χ2v) is 2.45. The van der Waals surface area contributed by atoms with Gasteiger partial charge in [0.25, 0.3) is 5.91 Å². The molecule has 0 spiro atoms. The maximum atomic E-state index is 11.2. The standard InChI is InChI=1S/C7H7N5O/c8-10-7(13)5-4-2-1-3-9-6(4)12-11-5/h1-3H,8H2,(H,10,13)(H,9,11,12). The van der Waals surface area contributed by atoms with Gasteiger partial charge in [-0.2, -0.15) is 5.10 Å². The second-order valence-electron chi connectivity index (χ2n) is 2.45. The molecule has 6 heteroatoms. The van der Waals surface area contributed by atoms with Gasteiger partial charge in [-0.05, 0) is 12.1 Å². The van der Waals surface area contributed by atoms with Crippen LogP contribution in [0.15, 0.2) is 18.3 Å². The average molecular weight is 177 g/mol. The number of fused-ring (bicyclic) bond motifs is 1. The lowest BCUT2D eigenvalue weighted by Crippen LogP contribution is -2.30. The first-order valence-corrected chi connectivity index (χ1v) is 3.63. The molecule has 2 aromatic heterocycles. The minimum absolute atomic E-state index is 0.325. The van der Waals surface area contributed by atoms with Crippen LogP contribution in [-0.2, 0) is 0 Å². The number of hydrogen-bond donors (Lipinski definition) is 3. The van der Waals surface area contributed by atoms with Gasteiger partial charge in [-0.15, -0.1) is 0 Å². The third-order valence-electron chi connectivity index (χ3n) is 1.69. The molecule has 4 N–H and O–H groups in total. The Morgan fingerprint density at radius 1 is 1.62 bits per heavy atom. The molecule has 2 aromatic rings. The molecule has 2 rings (SSSR count). The van der Waals surface area contributed by atoms with Crippen LogP contribution in [0.3, 0.4) is 0 Å². The minimum Gasteiger partial charge on any atom is -0.289 e. The fourth-order valence-corrected chi connectivity index (χ4v) is 1.10. The zero-order valence-corrected chi connectivity index (χ0v) is 6.61. The van der Waals surface area contributed by atoms with Crippen molar-refractivity contribution >= 4 is 16.9 Å². The number of rotatable bonds is 1. The van der Waals surface area contributed by atoms with E-state index in [1.807, 2.05) is 5.43 Å². The normalized spacial score (nSPS) is 10.2. The molecule has 1 amide bonds. The predicted octanol–water partition coefficient (Wildman–Crippen LogP) is -0.439. The highest BCUT2D eigenvalue weighted by Gasteiger charge is 2.11. The van der Waals surface area contributed by atoms with E-state index in [4.69, 9.17) is 5.84 Å². The Labute approximate surface area is 73.1 Å². The first-order chi connectivity index (χ1) is 6.33. The summed E-state index contributed by atoms with van der Waals surface area (Å²) in [7, 11) is 0. The van der Waals surface area contributed by atoms with Gasteiger partial charge < -0.3 is 0 Å². The van der Waals surface area contributed by atoms with Crippen molar-refractivity contribution in [2.45, 2.75) is 0 Å². The molecule has 13 heavy (non-hydrogen) atoms. The molecule has 0 saturated heterocycles. The molecule has 0 aliphatic heterocycles. The average Bonchev–Trinajstić information content (AvgIpc) is 2.60. The third-order valence-corrected chi connectivity index (χ3v) is 1.69. The van der Waals surface area contributed by atoms with Crippen LogP contribution in [0.1, 0.15) is 10.5 Å². The van der Waals surface area contributed by atoms with Gasteiger partial charge in [0.1, 0.15) is 5.69 Å². The Balaban J connectivity index is 2.64. The maximum absolute atomic E-state index is 11.2. The number of amides is 1. The first-order valence-electron chi connectivity index (χ1n) is 3.63. The number of nitrogens with two attached hydrogens (primary N) is 1. The lowest BCUT2D eigenvalue weighted by molar-refractivity contribution is 0.0950. The zero-order chi connectivity index (χ0) is 9.26. The lowest BCUT2D eigenvalue weighted by atomic mass is 10.2. The number of nitrogens with zero attached hydrogens (tertiary/aromatic N) is 2. The fraction of sp³-hybridized carbons (Fsp3) is 0. The van der Waals surface area contributed by atoms with Gasteiger partial charge in [-0.1, -0.05) is 0 Å². The van der Waals surface area contributed by atoms with Crippen LogP contribution in [0.25, 0.3) is 11.0 Å². The van der Waals surface area contributed by atoms with E-state index in [1.54, 1.807) is 18.3 Å². The molecule has 2 heterocycles. The van der Waals surface area contributed by atoms with E-state index in [0.717, 1.165) is 0 Å². The summed E-state index contributed by atoms with van der Waals surface area (Å²) in [6, 6.07) is 3.47. The Kier molecular flexibility index (Phi) is 1.67. The summed E-state index contributed by atoms with van der Waals surface area (Å²) < 4.78 is 0. The second kappa shape index (κ2) is 2.83. The van der Waals surface area contributed by atoms with Gasteiger partial charge in [0.05, 0.1) is 5.39 Å². The fourth-order valence-electron chi connectivity index (χ4n) is 1.10. The molecule has 6 nitrogen and oxygen atoms in total. The summed E-state index contributed by atoms with van der Waals surface area (Å²) in [4.78, 5) is 15.1. The summed E-state index contributed by atoms with van der Waals surface area (Å²) in [6.45, 7) is 0. The van der Waals surface area contributed by atoms with Crippen LogP contribution in [0.5, 0.6) is 0 Å². The number of H-pyrrole nitrogens is 1. The van der Waals surface area contributed by atoms with Gasteiger partial charge in [-0.3, -0.25) is 15.3 Å². The van der Waals surface area contributed by atoms with Crippen LogP contribution in [0.2, 0.25) is 0 Å². The number of carbonyl (C=O) groups is 1. The maximum Gasteiger partial charge on any atom is 0.283 e. The molecule has 0 aromatic carbocycles. The van der Waals surface area contributed by atoms with E-state index in [0.29, 0.717) is 16.7 Å². The summed E-state index contributed by atoms with van der Waals surface area (Å²) in [5, 5.41) is 7.05. The van der Waals surface area contributed by atoms with Gasteiger partial charge in [0.15, 0.2) is 5.65 Å². The molecule has 66 valence electrons. The largest absolute Gasteiger partial charge is 0.289 e. The van der Waals surface area contributed by atoms with Crippen molar-refractivity contribution in [3.05, 3.63) is 24.0 Å². The minimum atomic E-state index is -0.407. The van der Waals surface area contributed by atoms with Gasteiger partial charge in [0.2, 0.25) is 0 Å². The van der Waals surface area contributed by atoms with Crippen LogP contribution < -0.4 is 11.3 Å². The number of aromatic nitrogens is 3. The molecule has 0 fully saturated rings.